The number of nitro benzene ring substituents is 1. The van der Waals surface area contributed by atoms with E-state index in [1.165, 1.54) is 12.1 Å². The summed E-state index contributed by atoms with van der Waals surface area (Å²) in [6.07, 6.45) is 1.78. The van der Waals surface area contributed by atoms with Gasteiger partial charge in [0.25, 0.3) is 5.69 Å². The van der Waals surface area contributed by atoms with Crippen molar-refractivity contribution < 1.29 is 4.92 Å². The zero-order valence-corrected chi connectivity index (χ0v) is 10.1. The van der Waals surface area contributed by atoms with Crippen LogP contribution >= 0.6 is 11.6 Å². The second-order valence-corrected chi connectivity index (χ2v) is 4.18. The van der Waals surface area contributed by atoms with Crippen molar-refractivity contribution in [3.63, 3.8) is 0 Å². The van der Waals surface area contributed by atoms with Crippen LogP contribution in [-0.2, 0) is 6.42 Å². The lowest BCUT2D eigenvalue weighted by Gasteiger charge is -2.04. The predicted molar refractivity (Wildman–Crippen MR) is 67.4 cm³/mol. The summed E-state index contributed by atoms with van der Waals surface area (Å²) in [7, 11) is 0. The monoisotopic (exact) mass is 250 g/mol. The summed E-state index contributed by atoms with van der Waals surface area (Å²) >= 11 is 6.04. The van der Waals surface area contributed by atoms with Crippen molar-refractivity contribution in [3.05, 3.63) is 45.1 Å². The van der Waals surface area contributed by atoms with Crippen LogP contribution in [0.15, 0.2) is 24.3 Å². The van der Waals surface area contributed by atoms with Crippen LogP contribution < -0.4 is 0 Å². The lowest BCUT2D eigenvalue weighted by molar-refractivity contribution is -0.384. The lowest BCUT2D eigenvalue weighted by Crippen LogP contribution is -1.92. The molecule has 0 atom stereocenters. The van der Waals surface area contributed by atoms with Crippen LogP contribution in [0.25, 0.3) is 10.9 Å². The molecule has 5 heteroatoms. The topological polar surface area (TPSA) is 56.0 Å². The second kappa shape index (κ2) is 4.67. The average Bonchev–Trinajstić information content (AvgIpc) is 2.29. The molecule has 0 bridgehead atoms. The largest absolute Gasteiger partial charge is 0.270 e. The summed E-state index contributed by atoms with van der Waals surface area (Å²) in [6, 6.07) is 6.46. The number of nitrogens with zero attached hydrogens (tertiary/aromatic N) is 2. The van der Waals surface area contributed by atoms with E-state index in [0.717, 1.165) is 23.8 Å². The van der Waals surface area contributed by atoms with E-state index in [1.54, 1.807) is 6.07 Å². The van der Waals surface area contributed by atoms with Crippen molar-refractivity contribution in [1.29, 1.82) is 0 Å². The molecule has 4 nitrogen and oxygen atoms in total. The molecule has 2 rings (SSSR count). The fraction of sp³-hybridized carbons (Fsp3) is 0.250. The first-order chi connectivity index (χ1) is 8.11. The Morgan fingerprint density at radius 1 is 1.41 bits per heavy atom. The molecule has 0 unspecified atom stereocenters. The molecule has 17 heavy (non-hydrogen) atoms. The maximum Gasteiger partial charge on any atom is 0.270 e. The zero-order chi connectivity index (χ0) is 12.4. The minimum absolute atomic E-state index is 0.0732. The quantitative estimate of drug-likeness (QED) is 0.474. The van der Waals surface area contributed by atoms with Crippen molar-refractivity contribution in [2.45, 2.75) is 19.8 Å². The number of aryl methyl sites for hydroxylation is 1. The number of halogens is 1. The Morgan fingerprint density at radius 3 is 2.82 bits per heavy atom. The Morgan fingerprint density at radius 2 is 2.18 bits per heavy atom. The Balaban J connectivity index is 2.59. The lowest BCUT2D eigenvalue weighted by atomic mass is 10.1. The van der Waals surface area contributed by atoms with Crippen LogP contribution in [0.5, 0.6) is 0 Å². The number of pyridine rings is 1. The Hall–Kier alpha value is -1.68. The van der Waals surface area contributed by atoms with E-state index in [-0.39, 0.29) is 5.69 Å². The number of hydrogen-bond acceptors (Lipinski definition) is 3. The molecule has 0 aliphatic rings. The number of hydrogen-bond donors (Lipinski definition) is 0. The normalized spacial score (nSPS) is 10.7. The maximum atomic E-state index is 10.7. The zero-order valence-electron chi connectivity index (χ0n) is 9.31. The van der Waals surface area contributed by atoms with Crippen molar-refractivity contribution in [2.75, 3.05) is 0 Å². The third-order valence-corrected chi connectivity index (χ3v) is 2.88. The van der Waals surface area contributed by atoms with Gasteiger partial charge in [-0.3, -0.25) is 10.1 Å². The van der Waals surface area contributed by atoms with Gasteiger partial charge in [-0.2, -0.15) is 0 Å². The second-order valence-electron chi connectivity index (χ2n) is 3.82. The predicted octanol–water partition coefficient (Wildman–Crippen LogP) is 3.75. The molecule has 2 aromatic rings. The summed E-state index contributed by atoms with van der Waals surface area (Å²) in [4.78, 5) is 14.5. The maximum absolute atomic E-state index is 10.7. The highest BCUT2D eigenvalue weighted by Gasteiger charge is 2.09. The highest BCUT2D eigenvalue weighted by Crippen LogP contribution is 2.24. The standard InChI is InChI=1S/C12H11ClN2O2/c1-2-3-8-6-9-7-10(15(16)17)4-5-11(9)14-12(8)13/h4-7H,2-3H2,1H3. The van der Waals surface area contributed by atoms with Crippen LogP contribution in [-0.4, -0.2) is 9.91 Å². The van der Waals surface area contributed by atoms with Gasteiger partial charge in [0, 0.05) is 17.5 Å². The van der Waals surface area contributed by atoms with Gasteiger partial charge >= 0.3 is 0 Å². The molecule has 88 valence electrons. The van der Waals surface area contributed by atoms with E-state index in [0.29, 0.717) is 10.7 Å². The minimum atomic E-state index is -0.409. The first-order valence-electron chi connectivity index (χ1n) is 5.35. The van der Waals surface area contributed by atoms with E-state index in [4.69, 9.17) is 11.6 Å². The summed E-state index contributed by atoms with van der Waals surface area (Å²) < 4.78 is 0. The third-order valence-electron chi connectivity index (χ3n) is 2.55. The van der Waals surface area contributed by atoms with Crippen LogP contribution in [0.4, 0.5) is 5.69 Å². The minimum Gasteiger partial charge on any atom is -0.258 e. The van der Waals surface area contributed by atoms with E-state index in [9.17, 15) is 10.1 Å². The van der Waals surface area contributed by atoms with Crippen LogP contribution in [0, 0.1) is 10.1 Å². The average molecular weight is 251 g/mol. The van der Waals surface area contributed by atoms with Crippen molar-refractivity contribution in [2.24, 2.45) is 0 Å². The summed E-state index contributed by atoms with van der Waals surface area (Å²) in [5, 5.41) is 11.9. The summed E-state index contributed by atoms with van der Waals surface area (Å²) in [6.45, 7) is 2.05. The van der Waals surface area contributed by atoms with Crippen molar-refractivity contribution in [3.8, 4) is 0 Å². The molecule has 0 saturated carbocycles. The first-order valence-corrected chi connectivity index (χ1v) is 5.73. The number of benzene rings is 1. The number of nitro groups is 1. The van der Waals surface area contributed by atoms with Gasteiger partial charge in [-0.25, -0.2) is 4.98 Å². The molecule has 0 aliphatic carbocycles. The van der Waals surface area contributed by atoms with E-state index < -0.39 is 4.92 Å². The van der Waals surface area contributed by atoms with Gasteiger partial charge in [0.15, 0.2) is 0 Å². The molecule has 1 heterocycles. The number of rotatable bonds is 3. The SMILES string of the molecule is CCCc1cc2cc([N+](=O)[O-])ccc2nc1Cl. The number of non-ortho nitro benzene ring substituents is 1. The highest BCUT2D eigenvalue weighted by molar-refractivity contribution is 6.30. The first kappa shape index (κ1) is 11.8. The van der Waals surface area contributed by atoms with E-state index in [1.807, 2.05) is 13.0 Å². The number of aromatic nitrogens is 1. The van der Waals surface area contributed by atoms with E-state index >= 15 is 0 Å². The van der Waals surface area contributed by atoms with Gasteiger partial charge in [-0.05, 0) is 24.1 Å². The molecular weight excluding hydrogens is 240 g/mol. The Kier molecular flexibility index (Phi) is 3.24. The van der Waals surface area contributed by atoms with E-state index in [2.05, 4.69) is 4.98 Å². The fourth-order valence-corrected chi connectivity index (χ4v) is 1.98. The fourth-order valence-electron chi connectivity index (χ4n) is 1.74. The molecule has 0 saturated heterocycles. The van der Waals surface area contributed by atoms with Crippen molar-refractivity contribution in [1.82, 2.24) is 4.98 Å². The smallest absolute Gasteiger partial charge is 0.258 e. The molecule has 0 fully saturated rings. The van der Waals surface area contributed by atoms with Crippen molar-refractivity contribution >= 4 is 28.2 Å². The Bertz CT molecular complexity index is 584. The molecule has 1 aromatic heterocycles. The molecule has 0 amide bonds. The molecule has 1 aromatic carbocycles. The molecule has 0 aliphatic heterocycles. The van der Waals surface area contributed by atoms with Gasteiger partial charge in [0.05, 0.1) is 10.4 Å². The summed E-state index contributed by atoms with van der Waals surface area (Å²) in [5.74, 6) is 0. The Labute approximate surface area is 103 Å². The molecule has 0 spiro atoms. The van der Waals surface area contributed by atoms with Gasteiger partial charge in [-0.1, -0.05) is 24.9 Å². The molecular formula is C12H11ClN2O2. The molecule has 0 N–H and O–H groups in total. The van der Waals surface area contributed by atoms with Gasteiger partial charge in [0.1, 0.15) is 5.15 Å². The highest BCUT2D eigenvalue weighted by atomic mass is 35.5. The number of fused-ring (bicyclic) bond motifs is 1. The molecule has 0 radical (unpaired) electrons. The van der Waals surface area contributed by atoms with Gasteiger partial charge in [-0.15, -0.1) is 0 Å². The summed E-state index contributed by atoms with van der Waals surface area (Å²) in [5.41, 5.74) is 1.69. The van der Waals surface area contributed by atoms with Crippen LogP contribution in [0.1, 0.15) is 18.9 Å². The third kappa shape index (κ3) is 2.36. The van der Waals surface area contributed by atoms with Crippen LogP contribution in [0.3, 0.4) is 0 Å². The van der Waals surface area contributed by atoms with Crippen LogP contribution in [0.2, 0.25) is 5.15 Å². The van der Waals surface area contributed by atoms with Gasteiger partial charge in [0.2, 0.25) is 0 Å². The van der Waals surface area contributed by atoms with Gasteiger partial charge < -0.3 is 0 Å².